The molecule has 3 aromatic carbocycles. The Morgan fingerprint density at radius 2 is 1.77 bits per heavy atom. The van der Waals surface area contributed by atoms with E-state index in [-0.39, 0.29) is 23.0 Å². The van der Waals surface area contributed by atoms with Gasteiger partial charge in [-0.25, -0.2) is 4.39 Å². The number of thioether (sulfide) groups is 1. The second kappa shape index (κ2) is 8.73. The Morgan fingerprint density at radius 3 is 2.50 bits per heavy atom. The number of carbonyl (C=O) groups is 1. The number of H-pyrrole nitrogens is 1. The minimum absolute atomic E-state index is 0.0202. The molecule has 0 saturated heterocycles. The molecule has 4 aromatic rings. The van der Waals surface area contributed by atoms with Crippen LogP contribution in [-0.4, -0.2) is 16.6 Å². The van der Waals surface area contributed by atoms with Crippen LogP contribution < -0.4 is 10.9 Å². The predicted octanol–water partition coefficient (Wildman–Crippen LogP) is 5.72. The molecule has 1 aromatic heterocycles. The molecule has 150 valence electrons. The predicted molar refractivity (Wildman–Crippen MR) is 121 cm³/mol. The van der Waals surface area contributed by atoms with Crippen LogP contribution in [0.5, 0.6) is 0 Å². The van der Waals surface area contributed by atoms with E-state index in [1.807, 2.05) is 30.3 Å². The van der Waals surface area contributed by atoms with Crippen molar-refractivity contribution in [1.29, 1.82) is 0 Å². The Bertz CT molecular complexity index is 1270. The number of fused-ring (bicyclic) bond motifs is 1. The number of hydrogen-bond donors (Lipinski definition) is 2. The lowest BCUT2D eigenvalue weighted by Gasteiger charge is -2.13. The maximum Gasteiger partial charge on any atom is 0.262 e. The molecular weight excluding hydrogens is 423 g/mol. The third-order valence-corrected chi connectivity index (χ3v) is 5.79. The van der Waals surface area contributed by atoms with Crippen molar-refractivity contribution in [1.82, 2.24) is 4.98 Å². The molecule has 0 fully saturated rings. The van der Waals surface area contributed by atoms with Crippen molar-refractivity contribution in [2.75, 3.05) is 11.1 Å². The maximum atomic E-state index is 13.0. The van der Waals surface area contributed by atoms with E-state index in [1.54, 1.807) is 18.2 Å². The average Bonchev–Trinajstić information content (AvgIpc) is 2.74. The fourth-order valence-corrected chi connectivity index (χ4v) is 4.22. The van der Waals surface area contributed by atoms with Crippen molar-refractivity contribution in [2.45, 2.75) is 4.90 Å². The summed E-state index contributed by atoms with van der Waals surface area (Å²) < 4.78 is 13.0. The number of benzene rings is 3. The molecule has 0 saturated carbocycles. The summed E-state index contributed by atoms with van der Waals surface area (Å²) in [6, 6.07) is 20.3. The third-order valence-electron chi connectivity index (χ3n) is 4.47. The maximum absolute atomic E-state index is 13.0. The highest BCUT2D eigenvalue weighted by Crippen LogP contribution is 2.35. The van der Waals surface area contributed by atoms with E-state index in [1.165, 1.54) is 24.3 Å². The second-order valence-corrected chi connectivity index (χ2v) is 7.98. The van der Waals surface area contributed by atoms with E-state index in [0.717, 1.165) is 28.3 Å². The Morgan fingerprint density at radius 1 is 1.03 bits per heavy atom. The van der Waals surface area contributed by atoms with E-state index in [2.05, 4.69) is 10.3 Å². The van der Waals surface area contributed by atoms with Gasteiger partial charge < -0.3 is 10.3 Å². The van der Waals surface area contributed by atoms with Crippen LogP contribution in [0.3, 0.4) is 0 Å². The molecule has 1 heterocycles. The smallest absolute Gasteiger partial charge is 0.262 e. The molecule has 0 aliphatic heterocycles. The molecule has 1 amide bonds. The van der Waals surface area contributed by atoms with Gasteiger partial charge in [0, 0.05) is 27.2 Å². The van der Waals surface area contributed by atoms with Crippen molar-refractivity contribution < 1.29 is 9.18 Å². The van der Waals surface area contributed by atoms with Crippen LogP contribution in [0, 0.1) is 5.82 Å². The number of halogens is 2. The molecule has 30 heavy (non-hydrogen) atoms. The monoisotopic (exact) mass is 438 g/mol. The molecule has 0 aliphatic rings. The first-order valence-corrected chi connectivity index (χ1v) is 10.5. The first kappa shape index (κ1) is 20.2. The number of carbonyl (C=O) groups excluding carboxylic acids is 1. The number of nitrogens with one attached hydrogen (secondary N) is 2. The molecule has 0 aliphatic carbocycles. The highest BCUT2D eigenvalue weighted by atomic mass is 35.5. The van der Waals surface area contributed by atoms with Crippen LogP contribution in [0.4, 0.5) is 10.1 Å². The third kappa shape index (κ3) is 4.40. The summed E-state index contributed by atoms with van der Waals surface area (Å²) in [6.45, 7) is 0. The summed E-state index contributed by atoms with van der Waals surface area (Å²) in [5.41, 5.74) is 2.48. The molecule has 4 rings (SSSR count). The van der Waals surface area contributed by atoms with Crippen molar-refractivity contribution in [2.24, 2.45) is 0 Å². The quantitative estimate of drug-likeness (QED) is 0.392. The fourth-order valence-electron chi connectivity index (χ4n) is 3.14. The van der Waals surface area contributed by atoms with Crippen LogP contribution in [0.15, 0.2) is 82.5 Å². The number of aromatic nitrogens is 1. The van der Waals surface area contributed by atoms with E-state index in [9.17, 15) is 14.0 Å². The Labute approximate surface area is 181 Å². The molecule has 0 unspecified atom stereocenters. The average molecular weight is 439 g/mol. The van der Waals surface area contributed by atoms with Gasteiger partial charge in [0.25, 0.3) is 5.56 Å². The Balaban J connectivity index is 1.69. The lowest BCUT2D eigenvalue weighted by Crippen LogP contribution is -2.16. The molecule has 4 nitrogen and oxygen atoms in total. The van der Waals surface area contributed by atoms with Crippen LogP contribution in [0.25, 0.3) is 22.0 Å². The number of hydrogen-bond acceptors (Lipinski definition) is 3. The van der Waals surface area contributed by atoms with Gasteiger partial charge in [-0.05, 0) is 48.0 Å². The highest BCUT2D eigenvalue weighted by molar-refractivity contribution is 8.00. The van der Waals surface area contributed by atoms with E-state index in [4.69, 9.17) is 11.6 Å². The fraction of sp³-hybridized carbons (Fsp3) is 0.0435. The first-order valence-electron chi connectivity index (χ1n) is 9.10. The van der Waals surface area contributed by atoms with E-state index >= 15 is 0 Å². The van der Waals surface area contributed by atoms with Gasteiger partial charge in [-0.15, -0.1) is 11.8 Å². The topological polar surface area (TPSA) is 62.0 Å². The van der Waals surface area contributed by atoms with E-state index < -0.39 is 0 Å². The Kier molecular flexibility index (Phi) is 5.88. The van der Waals surface area contributed by atoms with Crippen molar-refractivity contribution in [3.8, 4) is 11.1 Å². The molecule has 0 spiro atoms. The number of rotatable bonds is 5. The standard InChI is InChI=1S/C23H16ClFN2O2S/c24-15-6-11-19-18(12-15)21(14-4-2-1-3-5-14)22(23(29)27-19)30-13-20(28)26-17-9-7-16(25)8-10-17/h1-12H,13H2,(H,26,28)(H,27,29). The molecular formula is C23H16ClFN2O2S. The van der Waals surface area contributed by atoms with Crippen LogP contribution in [-0.2, 0) is 4.79 Å². The van der Waals surface area contributed by atoms with Gasteiger partial charge in [-0.1, -0.05) is 41.9 Å². The summed E-state index contributed by atoms with van der Waals surface area (Å²) in [5, 5.41) is 4.06. The van der Waals surface area contributed by atoms with Gasteiger partial charge in [0.05, 0.1) is 10.6 Å². The normalized spacial score (nSPS) is 10.9. The van der Waals surface area contributed by atoms with Gasteiger partial charge in [0.15, 0.2) is 0 Å². The minimum Gasteiger partial charge on any atom is -0.325 e. The van der Waals surface area contributed by atoms with Gasteiger partial charge >= 0.3 is 0 Å². The Hall–Kier alpha value is -3.09. The largest absolute Gasteiger partial charge is 0.325 e. The molecule has 0 atom stereocenters. The van der Waals surface area contributed by atoms with Gasteiger partial charge in [-0.3, -0.25) is 9.59 Å². The highest BCUT2D eigenvalue weighted by Gasteiger charge is 2.17. The minimum atomic E-state index is -0.378. The summed E-state index contributed by atoms with van der Waals surface area (Å²) >= 11 is 7.36. The molecule has 2 N–H and O–H groups in total. The van der Waals surface area contributed by atoms with Crippen LogP contribution in [0.1, 0.15) is 0 Å². The zero-order valence-corrected chi connectivity index (χ0v) is 17.2. The lowest BCUT2D eigenvalue weighted by atomic mass is 10.0. The summed E-state index contributed by atoms with van der Waals surface area (Å²) in [4.78, 5) is 28.5. The molecule has 0 radical (unpaired) electrons. The van der Waals surface area contributed by atoms with Gasteiger partial charge in [0.2, 0.25) is 5.91 Å². The van der Waals surface area contributed by atoms with Crippen LogP contribution >= 0.6 is 23.4 Å². The summed E-state index contributed by atoms with van der Waals surface area (Å²) in [7, 11) is 0. The zero-order valence-electron chi connectivity index (χ0n) is 15.6. The van der Waals surface area contributed by atoms with Gasteiger partial charge in [-0.2, -0.15) is 0 Å². The van der Waals surface area contributed by atoms with Crippen molar-refractivity contribution >= 4 is 45.9 Å². The van der Waals surface area contributed by atoms with Crippen molar-refractivity contribution in [3.63, 3.8) is 0 Å². The number of pyridine rings is 1. The first-order chi connectivity index (χ1) is 14.5. The molecule has 0 bridgehead atoms. The van der Waals surface area contributed by atoms with Gasteiger partial charge in [0.1, 0.15) is 5.82 Å². The lowest BCUT2D eigenvalue weighted by molar-refractivity contribution is -0.113. The second-order valence-electron chi connectivity index (χ2n) is 6.56. The zero-order chi connectivity index (χ0) is 21.1. The summed E-state index contributed by atoms with van der Waals surface area (Å²) in [6.07, 6.45) is 0. The number of amides is 1. The van der Waals surface area contributed by atoms with Crippen molar-refractivity contribution in [3.05, 3.63) is 94.0 Å². The SMILES string of the molecule is O=C(CSc1c(-c2ccccc2)c2cc(Cl)ccc2[nH]c1=O)Nc1ccc(F)cc1. The summed E-state index contributed by atoms with van der Waals surface area (Å²) in [5.74, 6) is -0.653. The molecule has 7 heteroatoms. The van der Waals surface area contributed by atoms with E-state index in [0.29, 0.717) is 21.1 Å². The van der Waals surface area contributed by atoms with Crippen LogP contribution in [0.2, 0.25) is 5.02 Å². The number of anilines is 1. The number of aromatic amines is 1.